The number of carboxylic acids is 1. The number of hydrogen-bond acceptors (Lipinski definition) is 13. The van der Waals surface area contributed by atoms with Gasteiger partial charge in [-0.2, -0.15) is 0 Å². The molecule has 0 spiro atoms. The van der Waals surface area contributed by atoms with Crippen LogP contribution in [0, 0.1) is 0 Å². The Bertz CT molecular complexity index is 640. The molecule has 0 aromatic heterocycles. The molecule has 0 radical (unpaired) electrons. The van der Waals surface area contributed by atoms with Gasteiger partial charge in [0.05, 0.1) is 50.1 Å². The maximum absolute atomic E-state index is 10.8. The molecule has 4 unspecified atom stereocenters. The number of aliphatic hydroxyl groups is 4. The van der Waals surface area contributed by atoms with E-state index in [1.165, 1.54) is 6.92 Å². The van der Waals surface area contributed by atoms with Crippen molar-refractivity contribution in [3.63, 3.8) is 0 Å². The molecule has 2 saturated heterocycles. The first-order valence-electron chi connectivity index (χ1n) is 8.69. The van der Waals surface area contributed by atoms with Gasteiger partial charge in [0, 0.05) is 20.5 Å². The largest absolute Gasteiger partial charge is 1.00 e. The predicted molar refractivity (Wildman–Crippen MR) is 96.8 cm³/mol. The molecule has 7 N–H and O–H groups in total. The van der Waals surface area contributed by atoms with Gasteiger partial charge in [0.1, 0.15) is 12.2 Å². The minimum atomic E-state index is -4.79. The quantitative estimate of drug-likeness (QED) is 0.127. The zero-order chi connectivity index (χ0) is 23.5. The molecule has 0 aliphatic carbocycles. The van der Waals surface area contributed by atoms with E-state index >= 15 is 0 Å². The van der Waals surface area contributed by atoms with E-state index in [4.69, 9.17) is 20.1 Å². The number of aliphatic carboxylic acids is 1. The Labute approximate surface area is 235 Å². The predicted octanol–water partition coefficient (Wildman–Crippen LogP) is -11.8. The Morgan fingerprint density at radius 2 is 1.58 bits per heavy atom. The Kier molecular flexibility index (Phi) is 25.5. The molecule has 18 heteroatoms. The summed E-state index contributed by atoms with van der Waals surface area (Å²) in [5, 5.41) is 47.2. The van der Waals surface area contributed by atoms with Crippen molar-refractivity contribution in [1.82, 2.24) is 5.32 Å². The van der Waals surface area contributed by atoms with Gasteiger partial charge in [0.15, 0.2) is 0 Å². The summed E-state index contributed by atoms with van der Waals surface area (Å²) in [6.45, 7) is 0.786. The van der Waals surface area contributed by atoms with Gasteiger partial charge in [-0.25, -0.2) is 8.42 Å². The first kappa shape index (κ1) is 40.7. The van der Waals surface area contributed by atoms with Gasteiger partial charge in [0.2, 0.25) is 16.3 Å². The molecule has 0 saturated carbocycles. The maximum Gasteiger partial charge on any atom is 1.00 e. The number of amides is 1. The molecular weight excluding hydrogens is 496 g/mol. The van der Waals surface area contributed by atoms with E-state index in [0.29, 0.717) is 0 Å². The van der Waals surface area contributed by atoms with Crippen LogP contribution in [0.3, 0.4) is 0 Å². The summed E-state index contributed by atoms with van der Waals surface area (Å²) < 4.78 is 44.4. The van der Waals surface area contributed by atoms with E-state index < -0.39 is 53.5 Å². The number of nitrogens with one attached hydrogen (secondary N) is 1. The Hall–Kier alpha value is 0.530. The van der Waals surface area contributed by atoms with Crippen molar-refractivity contribution in [1.29, 1.82) is 0 Å². The van der Waals surface area contributed by atoms with Gasteiger partial charge in [-0.3, -0.25) is 8.98 Å². The van der Waals surface area contributed by atoms with Crippen LogP contribution in [-0.2, 0) is 33.6 Å². The third-order valence-electron chi connectivity index (χ3n) is 3.88. The van der Waals surface area contributed by atoms with E-state index in [9.17, 15) is 32.8 Å². The van der Waals surface area contributed by atoms with Crippen LogP contribution in [0.4, 0.5) is 0 Å². The van der Waals surface area contributed by atoms with Crippen LogP contribution in [0.2, 0.25) is 0 Å². The third-order valence-corrected chi connectivity index (χ3v) is 4.31. The average Bonchev–Trinajstić information content (AvgIpc) is 2.64. The first-order valence-corrected chi connectivity index (χ1v) is 10.0. The number of aliphatic hydroxyl groups excluding tert-OH is 4. The van der Waals surface area contributed by atoms with Crippen molar-refractivity contribution in [2.24, 2.45) is 0 Å². The molecule has 2 fully saturated rings. The fraction of sp³-hybridized carbons (Fsp3) is 0.867. The van der Waals surface area contributed by atoms with Crippen LogP contribution in [0.15, 0.2) is 0 Å². The first-order chi connectivity index (χ1) is 13.9. The van der Waals surface area contributed by atoms with Gasteiger partial charge in [0.25, 0.3) is 0 Å². The minimum Gasteiger partial charge on any atom is -0.726 e. The summed E-state index contributed by atoms with van der Waals surface area (Å²) >= 11 is 0. The Morgan fingerprint density at radius 3 is 1.97 bits per heavy atom. The second-order valence-electron chi connectivity index (χ2n) is 6.28. The fourth-order valence-corrected chi connectivity index (χ4v) is 2.80. The fourth-order valence-electron chi connectivity index (χ4n) is 2.49. The molecule has 33 heavy (non-hydrogen) atoms. The number of hydrogen-bond donors (Lipinski definition) is 5. The molecule has 2 aliphatic rings. The number of carbonyl (C=O) groups is 2. The molecule has 6 atom stereocenters. The molecule has 1 amide bonds. The molecule has 15 nitrogen and oxygen atoms in total. The number of rotatable bonds is 5. The van der Waals surface area contributed by atoms with E-state index in [1.54, 1.807) is 0 Å². The summed E-state index contributed by atoms with van der Waals surface area (Å²) in [5.74, 6) is -1.60. The molecule has 2 heterocycles. The van der Waals surface area contributed by atoms with Crippen LogP contribution >= 0.6 is 0 Å². The van der Waals surface area contributed by atoms with E-state index in [0.717, 1.165) is 7.11 Å². The number of carbonyl (C=O) groups excluding carboxylic acids is 2. The second-order valence-corrected chi connectivity index (χ2v) is 7.33. The van der Waals surface area contributed by atoms with Crippen molar-refractivity contribution < 1.29 is 126 Å². The van der Waals surface area contributed by atoms with Gasteiger partial charge in [-0.1, -0.05) is 0 Å². The van der Waals surface area contributed by atoms with Gasteiger partial charge >= 0.3 is 59.1 Å². The van der Waals surface area contributed by atoms with Gasteiger partial charge in [-0.15, -0.1) is 0 Å². The van der Waals surface area contributed by atoms with Crippen LogP contribution in [-0.4, -0.2) is 114 Å². The van der Waals surface area contributed by atoms with E-state index in [-0.39, 0.29) is 103 Å². The van der Waals surface area contributed by atoms with Crippen molar-refractivity contribution in [3.8, 4) is 0 Å². The van der Waals surface area contributed by atoms with Crippen LogP contribution in [0.1, 0.15) is 19.8 Å². The summed E-state index contributed by atoms with van der Waals surface area (Å²) in [5.41, 5.74) is 0. The second kappa shape index (κ2) is 20.7. The van der Waals surface area contributed by atoms with Gasteiger partial charge < -0.3 is 55.1 Å². The third kappa shape index (κ3) is 18.5. The van der Waals surface area contributed by atoms with Crippen molar-refractivity contribution in [2.45, 2.75) is 56.3 Å². The van der Waals surface area contributed by atoms with Crippen molar-refractivity contribution in [3.05, 3.63) is 0 Å². The molecule has 0 aromatic carbocycles. The Balaban J connectivity index is -0.000000231. The van der Waals surface area contributed by atoms with Crippen LogP contribution < -0.4 is 69.5 Å². The molecule has 0 bridgehead atoms. The molecular formula is C15H29NNa2O14S. The SMILES string of the molecule is CC(=O)NC1COC(COS(=O)(=O)[O-])[C@H](O)C1.CO.O.O=C([O-])C1C[C@@H](O)C(O)CO1.[Na+].[Na+]. The number of carboxylic acid groups (broad SMARTS) is 1. The van der Waals surface area contributed by atoms with E-state index in [1.807, 2.05) is 0 Å². The van der Waals surface area contributed by atoms with Crippen molar-refractivity contribution in [2.75, 3.05) is 26.9 Å². The smallest absolute Gasteiger partial charge is 0.726 e. The zero-order valence-electron chi connectivity index (χ0n) is 18.9. The summed E-state index contributed by atoms with van der Waals surface area (Å²) in [7, 11) is -3.79. The minimum absolute atomic E-state index is 0. The maximum atomic E-state index is 10.8. The molecule has 2 rings (SSSR count). The van der Waals surface area contributed by atoms with Gasteiger partial charge in [-0.05, 0) is 6.42 Å². The number of ether oxygens (including phenoxy) is 2. The van der Waals surface area contributed by atoms with Crippen LogP contribution in [0.25, 0.3) is 0 Å². The van der Waals surface area contributed by atoms with Crippen molar-refractivity contribution >= 4 is 22.3 Å². The summed E-state index contributed by atoms with van der Waals surface area (Å²) in [6, 6.07) is -0.331. The standard InChI is InChI=1S/C8H15NO7S.C6H10O5.CH4O.2Na.H2O/c1-5(10)9-6-2-7(11)8(15-3-6)4-16-17(12,13)14;7-3-1-5(6(9)10)11-2-4(3)8;1-2;;;/h6-8,11H,2-4H2,1H3,(H,9,10)(H,12,13,14);3-5,7-8H,1-2H2,(H,9,10);2H,1H3;;;1H2/q;;;2*+1;/p-2/t6?,7-,8?;3-,4?,5?;;;;/m11..../s1. The zero-order valence-corrected chi connectivity index (χ0v) is 23.7. The molecule has 2 aliphatic heterocycles. The van der Waals surface area contributed by atoms with Crippen LogP contribution in [0.5, 0.6) is 0 Å². The average molecular weight is 525 g/mol. The molecule has 186 valence electrons. The Morgan fingerprint density at radius 1 is 1.03 bits per heavy atom. The topological polar surface area (TPSA) is 267 Å². The van der Waals surface area contributed by atoms with E-state index in [2.05, 4.69) is 14.2 Å². The molecule has 0 aromatic rings. The monoisotopic (exact) mass is 525 g/mol. The normalized spacial score (nSPS) is 28.5. The summed E-state index contributed by atoms with van der Waals surface area (Å²) in [4.78, 5) is 20.9. The summed E-state index contributed by atoms with van der Waals surface area (Å²) in [6.07, 6.45) is -4.87.